The average Bonchev–Trinajstić information content (AvgIpc) is 3.13. The quantitative estimate of drug-likeness (QED) is 0.825. The van der Waals surface area contributed by atoms with Crippen molar-refractivity contribution < 1.29 is 9.59 Å². The van der Waals surface area contributed by atoms with E-state index in [-0.39, 0.29) is 5.91 Å². The van der Waals surface area contributed by atoms with Crippen LogP contribution >= 0.6 is 15.9 Å². The van der Waals surface area contributed by atoms with Crippen LogP contribution in [0.25, 0.3) is 11.4 Å². The number of nitrogens with zero attached hydrogens (tertiary/aromatic N) is 5. The molecule has 0 radical (unpaired) electrons. The van der Waals surface area contributed by atoms with Crippen LogP contribution in [0.3, 0.4) is 0 Å². The first-order valence-corrected chi connectivity index (χ1v) is 9.23. The van der Waals surface area contributed by atoms with E-state index in [9.17, 15) is 9.59 Å². The van der Waals surface area contributed by atoms with Gasteiger partial charge in [-0.05, 0) is 18.1 Å². The Morgan fingerprint density at radius 3 is 2.54 bits per heavy atom. The molecule has 1 aromatic carbocycles. The number of amides is 3. The summed E-state index contributed by atoms with van der Waals surface area (Å²) in [6.07, 6.45) is -0.473. The van der Waals surface area contributed by atoms with Gasteiger partial charge in [-0.1, -0.05) is 41.9 Å². The van der Waals surface area contributed by atoms with Crippen molar-refractivity contribution in [2.24, 2.45) is 5.92 Å². The molecule has 1 aromatic heterocycles. The third-order valence-electron chi connectivity index (χ3n) is 4.70. The second-order valence-electron chi connectivity index (χ2n) is 7.01. The van der Waals surface area contributed by atoms with Gasteiger partial charge in [-0.25, -0.2) is 4.79 Å². The highest BCUT2D eigenvalue weighted by molar-refractivity contribution is 9.10. The minimum absolute atomic E-state index is 0.300. The first-order valence-electron chi connectivity index (χ1n) is 8.43. The molecule has 2 unspecified atom stereocenters. The van der Waals surface area contributed by atoms with Crippen LogP contribution in [0.1, 0.15) is 20.0 Å². The number of likely N-dealkylation sites (N-methyl/N-ethyl adjacent to an activating group) is 1. The molecule has 1 N–H and O–H groups in total. The Balaban J connectivity index is 1.87. The molecule has 2 aliphatic heterocycles. The summed E-state index contributed by atoms with van der Waals surface area (Å²) in [5, 5.41) is 11.1. The lowest BCUT2D eigenvalue weighted by Crippen LogP contribution is -2.61. The monoisotopic (exact) mass is 418 g/mol. The van der Waals surface area contributed by atoms with Crippen molar-refractivity contribution >= 4 is 33.8 Å². The Hall–Kier alpha value is -2.42. The van der Waals surface area contributed by atoms with Crippen molar-refractivity contribution in [1.29, 1.82) is 0 Å². The number of halogens is 1. The number of hydrogen-bond acceptors (Lipinski definition) is 5. The highest BCUT2D eigenvalue weighted by atomic mass is 79.9. The fourth-order valence-electron chi connectivity index (χ4n) is 3.58. The van der Waals surface area contributed by atoms with Crippen molar-refractivity contribution in [2.75, 3.05) is 18.5 Å². The first kappa shape index (κ1) is 17.0. The van der Waals surface area contributed by atoms with Gasteiger partial charge >= 0.3 is 6.03 Å². The van der Waals surface area contributed by atoms with Crippen molar-refractivity contribution in [3.63, 3.8) is 0 Å². The molecule has 136 valence electrons. The largest absolute Gasteiger partial charge is 0.325 e. The van der Waals surface area contributed by atoms with Crippen molar-refractivity contribution in [1.82, 2.24) is 25.0 Å². The Morgan fingerprint density at radius 2 is 1.88 bits per heavy atom. The molecule has 3 heterocycles. The van der Waals surface area contributed by atoms with Gasteiger partial charge in [-0.3, -0.25) is 14.7 Å². The van der Waals surface area contributed by atoms with Crippen LogP contribution in [0.5, 0.6) is 0 Å². The summed E-state index contributed by atoms with van der Waals surface area (Å²) in [5.74, 6) is 1.28. The Morgan fingerprint density at radius 1 is 1.19 bits per heavy atom. The van der Waals surface area contributed by atoms with Crippen molar-refractivity contribution in [3.05, 3.63) is 28.7 Å². The van der Waals surface area contributed by atoms with E-state index in [0.29, 0.717) is 24.2 Å². The summed E-state index contributed by atoms with van der Waals surface area (Å²) in [4.78, 5) is 28.3. The zero-order valence-electron chi connectivity index (χ0n) is 14.7. The third-order valence-corrected chi connectivity index (χ3v) is 5.23. The van der Waals surface area contributed by atoms with Crippen LogP contribution < -0.4 is 10.2 Å². The van der Waals surface area contributed by atoms with Crippen LogP contribution in [0.15, 0.2) is 28.7 Å². The minimum Gasteiger partial charge on any atom is -0.325 e. The number of fused-ring (bicyclic) bond motifs is 3. The van der Waals surface area contributed by atoms with E-state index in [1.165, 1.54) is 0 Å². The predicted molar refractivity (Wildman–Crippen MR) is 99.5 cm³/mol. The Labute approximate surface area is 159 Å². The molecule has 3 amide bonds. The number of imide groups is 1. The lowest BCUT2D eigenvalue weighted by Gasteiger charge is -2.37. The number of aromatic nitrogens is 3. The third kappa shape index (κ3) is 2.49. The van der Waals surface area contributed by atoms with Gasteiger partial charge in [0.15, 0.2) is 11.9 Å². The summed E-state index contributed by atoms with van der Waals surface area (Å²) in [6, 6.07) is 6.80. The van der Waals surface area contributed by atoms with E-state index in [2.05, 4.69) is 45.3 Å². The molecular formula is C17H19BrN6O2. The van der Waals surface area contributed by atoms with Crippen LogP contribution in [-0.2, 0) is 4.79 Å². The number of carbonyl (C=O) groups is 2. The van der Waals surface area contributed by atoms with E-state index >= 15 is 0 Å². The van der Waals surface area contributed by atoms with Gasteiger partial charge in [-0.15, -0.1) is 10.2 Å². The number of benzene rings is 1. The number of hydrogen-bond donors (Lipinski definition) is 1. The molecule has 1 fully saturated rings. The maximum absolute atomic E-state index is 12.6. The van der Waals surface area contributed by atoms with Crippen LogP contribution in [0, 0.1) is 5.92 Å². The van der Waals surface area contributed by atoms with E-state index in [0.717, 1.165) is 10.0 Å². The summed E-state index contributed by atoms with van der Waals surface area (Å²) < 4.78 is 2.86. The summed E-state index contributed by atoms with van der Waals surface area (Å²) in [5.41, 5.74) is 0.879. The number of urea groups is 1. The van der Waals surface area contributed by atoms with Crippen molar-refractivity contribution in [2.45, 2.75) is 26.1 Å². The second-order valence-corrected chi connectivity index (χ2v) is 7.93. The Bertz CT molecular complexity index is 878. The summed E-state index contributed by atoms with van der Waals surface area (Å²) in [7, 11) is 1.69. The fraction of sp³-hybridized carbons (Fsp3) is 0.412. The molecule has 9 heteroatoms. The standard InChI is InChI=1S/C17H19BrN6O2/c1-9(2)8-23-12-14(25)19-17(26)22(3)15(12)24-13(20-21-16(23)24)10-4-6-11(18)7-5-10/h4-7,9,12,15H,8H2,1-3H3,(H,19,25,26). The molecule has 0 saturated carbocycles. The maximum atomic E-state index is 12.6. The SMILES string of the molecule is CC(C)CN1c2nnc(-c3ccc(Br)cc3)n2C2C1C(=O)NC(=O)N2C. The Kier molecular flexibility index (Phi) is 3.98. The average molecular weight is 419 g/mol. The van der Waals surface area contributed by atoms with Gasteiger partial charge in [0.2, 0.25) is 5.95 Å². The van der Waals surface area contributed by atoms with E-state index in [4.69, 9.17) is 0 Å². The summed E-state index contributed by atoms with van der Waals surface area (Å²) in [6.45, 7) is 4.81. The molecule has 2 aliphatic rings. The number of anilines is 1. The molecule has 0 aliphatic carbocycles. The van der Waals surface area contributed by atoms with Crippen molar-refractivity contribution in [3.8, 4) is 11.4 Å². The van der Waals surface area contributed by atoms with Gasteiger partial charge < -0.3 is 9.80 Å². The zero-order valence-corrected chi connectivity index (χ0v) is 16.3. The number of rotatable bonds is 3. The maximum Gasteiger partial charge on any atom is 0.325 e. The smallest absolute Gasteiger partial charge is 0.325 e. The number of carbonyl (C=O) groups excluding carboxylic acids is 2. The predicted octanol–water partition coefficient (Wildman–Crippen LogP) is 2.23. The van der Waals surface area contributed by atoms with Gasteiger partial charge in [0.05, 0.1) is 0 Å². The lowest BCUT2D eigenvalue weighted by molar-refractivity contribution is -0.124. The highest BCUT2D eigenvalue weighted by Crippen LogP contribution is 2.41. The topological polar surface area (TPSA) is 83.4 Å². The lowest BCUT2D eigenvalue weighted by atomic mass is 10.1. The van der Waals surface area contributed by atoms with E-state index in [1.54, 1.807) is 11.9 Å². The van der Waals surface area contributed by atoms with Gasteiger partial charge in [0, 0.05) is 23.6 Å². The van der Waals surface area contributed by atoms with Gasteiger partial charge in [0.1, 0.15) is 6.17 Å². The van der Waals surface area contributed by atoms with Crippen LogP contribution in [0.2, 0.25) is 0 Å². The van der Waals surface area contributed by atoms with Gasteiger partial charge in [-0.2, -0.15) is 0 Å². The van der Waals surface area contributed by atoms with E-state index < -0.39 is 18.2 Å². The zero-order chi connectivity index (χ0) is 18.6. The molecular weight excluding hydrogens is 400 g/mol. The molecule has 2 atom stereocenters. The molecule has 0 spiro atoms. The van der Waals surface area contributed by atoms with Gasteiger partial charge in [0.25, 0.3) is 5.91 Å². The summed E-state index contributed by atoms with van der Waals surface area (Å²) >= 11 is 3.43. The first-order chi connectivity index (χ1) is 12.4. The molecule has 1 saturated heterocycles. The second kappa shape index (κ2) is 6.08. The number of nitrogens with one attached hydrogen (secondary N) is 1. The minimum atomic E-state index is -0.514. The molecule has 4 rings (SSSR count). The highest BCUT2D eigenvalue weighted by Gasteiger charge is 2.52. The molecule has 0 bridgehead atoms. The van der Waals surface area contributed by atoms with Crippen LogP contribution in [0.4, 0.5) is 10.7 Å². The fourth-order valence-corrected chi connectivity index (χ4v) is 3.85. The molecule has 2 aromatic rings. The van der Waals surface area contributed by atoms with E-state index in [1.807, 2.05) is 33.7 Å². The molecule has 26 heavy (non-hydrogen) atoms. The van der Waals surface area contributed by atoms with Crippen LogP contribution in [-0.4, -0.2) is 51.2 Å². The normalized spacial score (nSPS) is 21.9. The molecule has 8 nitrogen and oxygen atoms in total.